The number of nitrogen functional groups attached to an aromatic ring is 1. The van der Waals surface area contributed by atoms with Gasteiger partial charge in [-0.1, -0.05) is 25.1 Å². The van der Waals surface area contributed by atoms with Crippen molar-refractivity contribution in [2.24, 2.45) is 5.10 Å². The van der Waals surface area contributed by atoms with Gasteiger partial charge in [-0.3, -0.25) is 9.69 Å². The van der Waals surface area contributed by atoms with Crippen LogP contribution in [0.4, 0.5) is 5.82 Å². The highest BCUT2D eigenvalue weighted by molar-refractivity contribution is 5.94. The van der Waals surface area contributed by atoms with Gasteiger partial charge in [-0.2, -0.15) is 9.78 Å². The number of aromatic nitrogens is 5. The van der Waals surface area contributed by atoms with Gasteiger partial charge in [0.15, 0.2) is 17.2 Å². The van der Waals surface area contributed by atoms with E-state index in [0.717, 1.165) is 13.1 Å². The zero-order valence-electron chi connectivity index (χ0n) is 17.3. The Morgan fingerprint density at radius 3 is 2.81 bits per heavy atom. The molecule has 13 heteroatoms. The molecule has 1 aromatic carbocycles. The van der Waals surface area contributed by atoms with E-state index in [-0.39, 0.29) is 23.1 Å². The predicted octanol–water partition coefficient (Wildman–Crippen LogP) is 0.552. The van der Waals surface area contributed by atoms with Crippen molar-refractivity contribution in [1.29, 1.82) is 0 Å². The molecule has 3 aromatic rings. The van der Waals surface area contributed by atoms with E-state index in [0.29, 0.717) is 23.6 Å². The van der Waals surface area contributed by atoms with Crippen LogP contribution in [-0.2, 0) is 6.54 Å². The Labute approximate surface area is 177 Å². The molecule has 0 aliphatic heterocycles. The number of carbonyl (C=O) groups excluding carboxylic acids is 1. The van der Waals surface area contributed by atoms with E-state index in [1.807, 2.05) is 13.8 Å². The Hall–Kier alpha value is -4.00. The summed E-state index contributed by atoms with van der Waals surface area (Å²) in [4.78, 5) is 14.8. The minimum absolute atomic E-state index is 0.0178. The lowest BCUT2D eigenvalue weighted by Crippen LogP contribution is -2.27. The Morgan fingerprint density at radius 1 is 1.39 bits per heavy atom. The summed E-state index contributed by atoms with van der Waals surface area (Å²) in [5, 5.41) is 29.3. The van der Waals surface area contributed by atoms with Crippen LogP contribution in [0.25, 0.3) is 5.82 Å². The molecule has 164 valence electrons. The molecular weight excluding hydrogens is 406 g/mol. The number of hydrogen-bond donors (Lipinski definition) is 3. The number of rotatable bonds is 9. The number of aromatic hydroxyl groups is 1. The summed E-state index contributed by atoms with van der Waals surface area (Å²) in [6, 6.07) is 4.91. The molecule has 31 heavy (non-hydrogen) atoms. The number of phenolic OH excluding ortho intramolecular Hbond substituents is 1. The standard InChI is InChI=1S/C18H23N9O4/c1-4-26(5-2)10-12-14(21-25-27(12)17-16(19)23-31-24-17)18(29)22-20-9-11-7-6-8-13(30-3)15(11)28/h6-9,28H,4-5,10H2,1-3H3,(H2,19,23)(H,22,29). The van der Waals surface area contributed by atoms with Crippen LogP contribution in [0.2, 0.25) is 0 Å². The first kappa shape index (κ1) is 21.7. The number of para-hydroxylation sites is 1. The number of amides is 1. The maximum absolute atomic E-state index is 12.8. The fraction of sp³-hybridized carbons (Fsp3) is 0.333. The summed E-state index contributed by atoms with van der Waals surface area (Å²) in [6.07, 6.45) is 1.30. The molecule has 0 fully saturated rings. The van der Waals surface area contributed by atoms with Crippen molar-refractivity contribution < 1.29 is 19.3 Å². The zero-order chi connectivity index (χ0) is 22.4. The predicted molar refractivity (Wildman–Crippen MR) is 110 cm³/mol. The monoisotopic (exact) mass is 429 g/mol. The van der Waals surface area contributed by atoms with Crippen molar-refractivity contribution in [3.63, 3.8) is 0 Å². The van der Waals surface area contributed by atoms with Crippen LogP contribution in [-0.4, -0.2) is 67.6 Å². The highest BCUT2D eigenvalue weighted by Crippen LogP contribution is 2.28. The minimum atomic E-state index is -0.595. The van der Waals surface area contributed by atoms with Gasteiger partial charge in [0.1, 0.15) is 0 Å². The van der Waals surface area contributed by atoms with Crippen LogP contribution in [0.1, 0.15) is 35.6 Å². The first-order valence-corrected chi connectivity index (χ1v) is 9.44. The van der Waals surface area contributed by atoms with E-state index < -0.39 is 5.91 Å². The summed E-state index contributed by atoms with van der Waals surface area (Å²) in [5.41, 5.74) is 9.02. The number of nitrogens with one attached hydrogen (secondary N) is 1. The van der Waals surface area contributed by atoms with Gasteiger partial charge >= 0.3 is 0 Å². The molecule has 3 rings (SSSR count). The number of benzene rings is 1. The molecule has 0 bridgehead atoms. The number of phenols is 1. The number of methoxy groups -OCH3 is 1. The molecule has 0 saturated carbocycles. The van der Waals surface area contributed by atoms with Gasteiger partial charge in [0.25, 0.3) is 5.91 Å². The van der Waals surface area contributed by atoms with Gasteiger partial charge < -0.3 is 15.6 Å². The molecular formula is C18H23N9O4. The Kier molecular flexibility index (Phi) is 6.77. The molecule has 0 atom stereocenters. The van der Waals surface area contributed by atoms with E-state index in [4.69, 9.17) is 10.5 Å². The maximum Gasteiger partial charge on any atom is 0.293 e. The molecule has 0 radical (unpaired) electrons. The second-order valence-electron chi connectivity index (χ2n) is 6.33. The highest BCUT2D eigenvalue weighted by Gasteiger charge is 2.25. The van der Waals surface area contributed by atoms with Gasteiger partial charge in [0.2, 0.25) is 11.6 Å². The van der Waals surface area contributed by atoms with Crippen LogP contribution in [0.3, 0.4) is 0 Å². The van der Waals surface area contributed by atoms with Crippen LogP contribution in [0, 0.1) is 0 Å². The van der Waals surface area contributed by atoms with Crippen LogP contribution >= 0.6 is 0 Å². The average molecular weight is 429 g/mol. The lowest BCUT2D eigenvalue weighted by Gasteiger charge is -2.18. The summed E-state index contributed by atoms with van der Waals surface area (Å²) in [7, 11) is 1.44. The lowest BCUT2D eigenvalue weighted by molar-refractivity contribution is 0.0948. The number of anilines is 1. The molecule has 2 heterocycles. The van der Waals surface area contributed by atoms with E-state index in [1.165, 1.54) is 18.0 Å². The first-order chi connectivity index (χ1) is 15.0. The van der Waals surface area contributed by atoms with Crippen molar-refractivity contribution in [3.05, 3.63) is 35.2 Å². The fourth-order valence-electron chi connectivity index (χ4n) is 2.81. The smallest absolute Gasteiger partial charge is 0.293 e. The molecule has 4 N–H and O–H groups in total. The quantitative estimate of drug-likeness (QED) is 0.322. The van der Waals surface area contributed by atoms with E-state index in [2.05, 4.69) is 40.7 Å². The summed E-state index contributed by atoms with van der Waals surface area (Å²) in [6.45, 7) is 5.82. The molecule has 0 saturated heterocycles. The Morgan fingerprint density at radius 2 is 2.16 bits per heavy atom. The third-order valence-corrected chi connectivity index (χ3v) is 4.56. The van der Waals surface area contributed by atoms with Crippen molar-refractivity contribution in [3.8, 4) is 17.3 Å². The van der Waals surface area contributed by atoms with Crippen molar-refractivity contribution in [1.82, 2.24) is 35.6 Å². The molecule has 13 nitrogen and oxygen atoms in total. The molecule has 2 aromatic heterocycles. The topological polar surface area (TPSA) is 170 Å². The summed E-state index contributed by atoms with van der Waals surface area (Å²) in [5.74, 6) is -0.242. The molecule has 0 aliphatic carbocycles. The van der Waals surface area contributed by atoms with Crippen molar-refractivity contribution in [2.75, 3.05) is 25.9 Å². The van der Waals surface area contributed by atoms with Crippen LogP contribution < -0.4 is 15.9 Å². The molecule has 0 aliphatic rings. The minimum Gasteiger partial charge on any atom is -0.504 e. The normalized spacial score (nSPS) is 11.4. The number of hydrazone groups is 1. The number of hydrogen-bond acceptors (Lipinski definition) is 11. The highest BCUT2D eigenvalue weighted by atomic mass is 16.6. The van der Waals surface area contributed by atoms with Crippen LogP contribution in [0.15, 0.2) is 27.9 Å². The second kappa shape index (κ2) is 9.67. The van der Waals surface area contributed by atoms with E-state index >= 15 is 0 Å². The van der Waals surface area contributed by atoms with Crippen molar-refractivity contribution >= 4 is 17.9 Å². The van der Waals surface area contributed by atoms with Gasteiger partial charge in [0, 0.05) is 12.1 Å². The molecule has 0 spiro atoms. The van der Waals surface area contributed by atoms with E-state index in [9.17, 15) is 9.90 Å². The Balaban J connectivity index is 1.87. The summed E-state index contributed by atoms with van der Waals surface area (Å²) >= 11 is 0. The summed E-state index contributed by atoms with van der Waals surface area (Å²) < 4.78 is 11.0. The lowest BCUT2D eigenvalue weighted by atomic mass is 10.2. The first-order valence-electron chi connectivity index (χ1n) is 9.44. The van der Waals surface area contributed by atoms with Crippen molar-refractivity contribution in [2.45, 2.75) is 20.4 Å². The van der Waals surface area contributed by atoms with Gasteiger partial charge in [0.05, 0.1) is 19.0 Å². The molecule has 1 amide bonds. The third kappa shape index (κ3) is 4.61. The van der Waals surface area contributed by atoms with E-state index in [1.54, 1.807) is 18.2 Å². The third-order valence-electron chi connectivity index (χ3n) is 4.56. The number of carbonyl (C=O) groups is 1. The van der Waals surface area contributed by atoms with Gasteiger partial charge in [-0.25, -0.2) is 10.1 Å². The maximum atomic E-state index is 12.8. The average Bonchev–Trinajstić information content (AvgIpc) is 3.38. The number of nitrogens with zero attached hydrogens (tertiary/aromatic N) is 7. The number of nitrogens with two attached hydrogens (primary N) is 1. The zero-order valence-corrected chi connectivity index (χ0v) is 17.3. The number of ether oxygens (including phenoxy) is 1. The SMILES string of the molecule is CCN(CC)Cc1c(C(=O)NN=Cc2cccc(OC)c2O)nnn1-c1nonc1N. The van der Waals surface area contributed by atoms with Gasteiger partial charge in [-0.15, -0.1) is 5.10 Å². The van der Waals surface area contributed by atoms with Crippen LogP contribution in [0.5, 0.6) is 11.5 Å². The van der Waals surface area contributed by atoms with Gasteiger partial charge in [-0.05, 0) is 35.5 Å². The fourth-order valence-corrected chi connectivity index (χ4v) is 2.81. The largest absolute Gasteiger partial charge is 0.504 e. The second-order valence-corrected chi connectivity index (χ2v) is 6.33. The Bertz CT molecular complexity index is 1070. The molecule has 0 unspecified atom stereocenters.